The summed E-state index contributed by atoms with van der Waals surface area (Å²) in [4.78, 5) is 12.2. The molecule has 0 saturated heterocycles. The molecule has 0 aliphatic heterocycles. The van der Waals surface area contributed by atoms with E-state index in [2.05, 4.69) is 11.4 Å². The normalized spacial score (nSPS) is 16.6. The maximum Gasteiger partial charge on any atom is 0.252 e. The van der Waals surface area contributed by atoms with Crippen LogP contribution in [-0.4, -0.2) is 17.1 Å². The first-order valence-electron chi connectivity index (χ1n) is 6.88. The number of aromatic hydroxyl groups is 1. The molecule has 0 bridgehead atoms. The first-order valence-corrected chi connectivity index (χ1v) is 6.88. The molecule has 3 heteroatoms. The Balaban J connectivity index is 2.08. The molecule has 102 valence electrons. The van der Waals surface area contributed by atoms with Crippen molar-refractivity contribution in [3.63, 3.8) is 0 Å². The quantitative estimate of drug-likeness (QED) is 0.818. The fraction of sp³-hybridized carbons (Fsp3) is 0.438. The van der Waals surface area contributed by atoms with E-state index in [1.165, 1.54) is 18.4 Å². The number of hydrogen-bond acceptors (Lipinski definition) is 2. The van der Waals surface area contributed by atoms with E-state index < -0.39 is 0 Å². The van der Waals surface area contributed by atoms with Crippen LogP contribution in [0.3, 0.4) is 0 Å². The van der Waals surface area contributed by atoms with E-state index in [9.17, 15) is 9.90 Å². The third-order valence-corrected chi connectivity index (χ3v) is 3.78. The van der Waals surface area contributed by atoms with E-state index in [0.717, 1.165) is 12.8 Å². The molecule has 0 fully saturated rings. The average Bonchev–Trinajstić information content (AvgIpc) is 2.42. The molecule has 0 spiro atoms. The Bertz CT molecular complexity index is 505. The minimum absolute atomic E-state index is 0.0644. The van der Waals surface area contributed by atoms with Crippen LogP contribution in [0.2, 0.25) is 0 Å². The highest BCUT2D eigenvalue weighted by atomic mass is 16.3. The van der Waals surface area contributed by atoms with Crippen LogP contribution >= 0.6 is 0 Å². The van der Waals surface area contributed by atoms with Crippen LogP contribution in [0.1, 0.15) is 48.5 Å². The van der Waals surface area contributed by atoms with Gasteiger partial charge in [-0.15, -0.1) is 0 Å². The van der Waals surface area contributed by atoms with Crippen molar-refractivity contribution in [2.75, 3.05) is 0 Å². The Hall–Kier alpha value is -1.77. The maximum absolute atomic E-state index is 12.2. The van der Waals surface area contributed by atoms with Crippen molar-refractivity contribution < 1.29 is 9.90 Å². The zero-order valence-corrected chi connectivity index (χ0v) is 11.6. The molecule has 19 heavy (non-hydrogen) atoms. The lowest BCUT2D eigenvalue weighted by atomic mass is 9.94. The number of amides is 1. The third-order valence-electron chi connectivity index (χ3n) is 3.78. The Labute approximate surface area is 114 Å². The molecule has 0 aromatic heterocycles. The molecule has 2 rings (SSSR count). The van der Waals surface area contributed by atoms with Gasteiger partial charge in [0.1, 0.15) is 5.75 Å². The highest BCUT2D eigenvalue weighted by molar-refractivity contribution is 5.96. The summed E-state index contributed by atoms with van der Waals surface area (Å²) in [5.74, 6) is 0.0459. The van der Waals surface area contributed by atoms with Crippen LogP contribution in [-0.2, 0) is 0 Å². The second-order valence-electron chi connectivity index (χ2n) is 5.17. The van der Waals surface area contributed by atoms with E-state index in [1.807, 2.05) is 6.92 Å². The van der Waals surface area contributed by atoms with Crippen molar-refractivity contribution in [2.45, 2.75) is 45.6 Å². The van der Waals surface area contributed by atoms with Crippen molar-refractivity contribution in [2.24, 2.45) is 0 Å². The van der Waals surface area contributed by atoms with Crippen LogP contribution in [0.25, 0.3) is 0 Å². The number of hydrogen-bond donors (Lipinski definition) is 2. The Morgan fingerprint density at radius 1 is 1.37 bits per heavy atom. The van der Waals surface area contributed by atoms with Crippen molar-refractivity contribution in [3.8, 4) is 5.75 Å². The summed E-state index contributed by atoms with van der Waals surface area (Å²) in [6, 6.07) is 5.10. The van der Waals surface area contributed by atoms with E-state index >= 15 is 0 Å². The molecule has 0 saturated carbocycles. The predicted molar refractivity (Wildman–Crippen MR) is 76.3 cm³/mol. The molecule has 2 N–H and O–H groups in total. The van der Waals surface area contributed by atoms with Gasteiger partial charge < -0.3 is 10.4 Å². The zero-order valence-electron chi connectivity index (χ0n) is 11.6. The fourth-order valence-corrected chi connectivity index (χ4v) is 2.49. The summed E-state index contributed by atoms with van der Waals surface area (Å²) in [6.45, 7) is 3.78. The van der Waals surface area contributed by atoms with Crippen molar-refractivity contribution in [1.82, 2.24) is 5.32 Å². The van der Waals surface area contributed by atoms with E-state index in [1.54, 1.807) is 25.1 Å². The minimum Gasteiger partial charge on any atom is -0.508 e. The molecular formula is C16H21NO2. The molecule has 0 heterocycles. The second-order valence-corrected chi connectivity index (χ2v) is 5.17. The summed E-state index contributed by atoms with van der Waals surface area (Å²) in [6.07, 6.45) is 6.87. The smallest absolute Gasteiger partial charge is 0.252 e. The molecule has 1 aliphatic carbocycles. The molecule has 1 unspecified atom stereocenters. The van der Waals surface area contributed by atoms with Gasteiger partial charge in [0.05, 0.1) is 0 Å². The standard InChI is InChI=1S/C16H21NO2/c1-11-14(9-6-10-15(11)18)16(19)17-12(2)13-7-4-3-5-8-13/h6-7,9-10,12,18H,3-5,8H2,1-2H3,(H,17,19). The summed E-state index contributed by atoms with van der Waals surface area (Å²) < 4.78 is 0. The number of phenols is 1. The number of carbonyl (C=O) groups is 1. The summed E-state index contributed by atoms with van der Waals surface area (Å²) >= 11 is 0. The monoisotopic (exact) mass is 259 g/mol. The van der Waals surface area contributed by atoms with Gasteiger partial charge >= 0.3 is 0 Å². The van der Waals surface area contributed by atoms with Gasteiger partial charge in [0.15, 0.2) is 0 Å². The van der Waals surface area contributed by atoms with Gasteiger partial charge in [-0.3, -0.25) is 4.79 Å². The zero-order chi connectivity index (χ0) is 13.8. The molecule has 3 nitrogen and oxygen atoms in total. The minimum atomic E-state index is -0.118. The van der Waals surface area contributed by atoms with Crippen molar-refractivity contribution in [1.29, 1.82) is 0 Å². The SMILES string of the molecule is Cc1c(O)cccc1C(=O)NC(C)C1=CCCCC1. The molecule has 1 aliphatic rings. The largest absolute Gasteiger partial charge is 0.508 e. The van der Waals surface area contributed by atoms with Crippen LogP contribution in [0.15, 0.2) is 29.8 Å². The number of phenolic OH excluding ortho intramolecular Hbond substituents is 1. The van der Waals surface area contributed by atoms with Crippen molar-refractivity contribution in [3.05, 3.63) is 41.0 Å². The number of benzene rings is 1. The highest BCUT2D eigenvalue weighted by Crippen LogP contribution is 2.22. The Kier molecular flexibility index (Phi) is 4.25. The Morgan fingerprint density at radius 2 is 2.16 bits per heavy atom. The van der Waals surface area contributed by atoms with Gasteiger partial charge in [0, 0.05) is 17.2 Å². The van der Waals surface area contributed by atoms with Crippen LogP contribution in [0, 0.1) is 6.92 Å². The molecule has 1 aromatic carbocycles. The molecule has 1 atom stereocenters. The Morgan fingerprint density at radius 3 is 2.84 bits per heavy atom. The lowest BCUT2D eigenvalue weighted by Gasteiger charge is -2.21. The molecule has 1 amide bonds. The van der Waals surface area contributed by atoms with Gasteiger partial charge in [-0.2, -0.15) is 0 Å². The van der Waals surface area contributed by atoms with Gasteiger partial charge in [0.25, 0.3) is 5.91 Å². The fourth-order valence-electron chi connectivity index (χ4n) is 2.49. The lowest BCUT2D eigenvalue weighted by molar-refractivity contribution is 0.0943. The molecule has 1 aromatic rings. The number of nitrogens with one attached hydrogen (secondary N) is 1. The summed E-state index contributed by atoms with van der Waals surface area (Å²) in [5, 5.41) is 12.7. The topological polar surface area (TPSA) is 49.3 Å². The average molecular weight is 259 g/mol. The van der Waals surface area contributed by atoms with Crippen LogP contribution < -0.4 is 5.32 Å². The first kappa shape index (κ1) is 13.7. The van der Waals surface area contributed by atoms with E-state index in [-0.39, 0.29) is 17.7 Å². The number of carbonyl (C=O) groups excluding carboxylic acids is 1. The predicted octanol–water partition coefficient (Wildman–Crippen LogP) is 3.32. The number of rotatable bonds is 3. The van der Waals surface area contributed by atoms with Gasteiger partial charge in [-0.1, -0.05) is 17.7 Å². The highest BCUT2D eigenvalue weighted by Gasteiger charge is 2.17. The number of allylic oxidation sites excluding steroid dienone is 1. The van der Waals surface area contributed by atoms with Crippen LogP contribution in [0.5, 0.6) is 5.75 Å². The third kappa shape index (κ3) is 3.16. The maximum atomic E-state index is 12.2. The molecule has 0 radical (unpaired) electrons. The summed E-state index contributed by atoms with van der Waals surface area (Å²) in [5.41, 5.74) is 2.49. The summed E-state index contributed by atoms with van der Waals surface area (Å²) in [7, 11) is 0. The van der Waals surface area contributed by atoms with Gasteiger partial charge in [0.2, 0.25) is 0 Å². The van der Waals surface area contributed by atoms with Crippen LogP contribution in [0.4, 0.5) is 0 Å². The lowest BCUT2D eigenvalue weighted by Crippen LogP contribution is -2.34. The van der Waals surface area contributed by atoms with Crippen molar-refractivity contribution >= 4 is 5.91 Å². The van der Waals surface area contributed by atoms with Gasteiger partial charge in [-0.25, -0.2) is 0 Å². The second kappa shape index (κ2) is 5.91. The van der Waals surface area contributed by atoms with E-state index in [4.69, 9.17) is 0 Å². The first-order chi connectivity index (χ1) is 9.09. The van der Waals surface area contributed by atoms with Gasteiger partial charge in [-0.05, 0) is 51.7 Å². The molecular weight excluding hydrogens is 238 g/mol. The van der Waals surface area contributed by atoms with E-state index in [0.29, 0.717) is 11.1 Å².